The van der Waals surface area contributed by atoms with Crippen molar-refractivity contribution in [3.8, 4) is 0 Å². The first-order valence-corrected chi connectivity index (χ1v) is 6.17. The van der Waals surface area contributed by atoms with Crippen LogP contribution in [0.2, 0.25) is 0 Å². The van der Waals surface area contributed by atoms with Crippen molar-refractivity contribution in [1.29, 1.82) is 0 Å². The summed E-state index contributed by atoms with van der Waals surface area (Å²) in [6, 6.07) is 1.59. The van der Waals surface area contributed by atoms with Gasteiger partial charge in [0, 0.05) is 12.5 Å². The summed E-state index contributed by atoms with van der Waals surface area (Å²) >= 11 is 0. The quantitative estimate of drug-likeness (QED) is 0.802. The SMILES string of the molecule is CC(C)c1cnc(N)c(S(C)(=O)=O)c1. The highest BCUT2D eigenvalue weighted by Crippen LogP contribution is 2.21. The van der Waals surface area contributed by atoms with Gasteiger partial charge < -0.3 is 5.73 Å². The van der Waals surface area contributed by atoms with E-state index in [2.05, 4.69) is 4.98 Å². The molecule has 2 N–H and O–H groups in total. The monoisotopic (exact) mass is 214 g/mol. The Morgan fingerprint density at radius 3 is 2.43 bits per heavy atom. The molecule has 14 heavy (non-hydrogen) atoms. The van der Waals surface area contributed by atoms with Gasteiger partial charge in [-0.1, -0.05) is 13.8 Å². The Labute approximate surface area is 84.1 Å². The number of anilines is 1. The molecule has 0 unspecified atom stereocenters. The van der Waals surface area contributed by atoms with Gasteiger partial charge in [-0.3, -0.25) is 0 Å². The number of pyridine rings is 1. The third kappa shape index (κ3) is 2.23. The molecule has 1 heterocycles. The molecule has 0 radical (unpaired) electrons. The van der Waals surface area contributed by atoms with Crippen LogP contribution in [0.15, 0.2) is 17.2 Å². The average molecular weight is 214 g/mol. The lowest BCUT2D eigenvalue weighted by Crippen LogP contribution is -2.06. The van der Waals surface area contributed by atoms with Crippen molar-refractivity contribution in [2.45, 2.75) is 24.7 Å². The molecule has 0 aliphatic heterocycles. The highest BCUT2D eigenvalue weighted by atomic mass is 32.2. The highest BCUT2D eigenvalue weighted by molar-refractivity contribution is 7.90. The first kappa shape index (κ1) is 11.0. The largest absolute Gasteiger partial charge is 0.383 e. The van der Waals surface area contributed by atoms with Gasteiger partial charge in [-0.2, -0.15) is 0 Å². The van der Waals surface area contributed by atoms with Crippen LogP contribution in [0.1, 0.15) is 25.3 Å². The zero-order valence-corrected chi connectivity index (χ0v) is 9.30. The number of aromatic nitrogens is 1. The number of sulfone groups is 1. The summed E-state index contributed by atoms with van der Waals surface area (Å²) in [4.78, 5) is 3.98. The molecule has 0 aliphatic carbocycles. The summed E-state index contributed by atoms with van der Waals surface area (Å²) in [7, 11) is -3.28. The number of nitrogens with two attached hydrogens (primary N) is 1. The van der Waals surface area contributed by atoms with Gasteiger partial charge in [0.05, 0.1) is 0 Å². The molecule has 1 aromatic heterocycles. The predicted octanol–water partition coefficient (Wildman–Crippen LogP) is 1.19. The smallest absolute Gasteiger partial charge is 0.179 e. The molecule has 0 fully saturated rings. The van der Waals surface area contributed by atoms with Crippen molar-refractivity contribution in [2.24, 2.45) is 0 Å². The second-order valence-electron chi connectivity index (χ2n) is 3.58. The van der Waals surface area contributed by atoms with Gasteiger partial charge >= 0.3 is 0 Å². The van der Waals surface area contributed by atoms with Crippen molar-refractivity contribution in [3.63, 3.8) is 0 Å². The number of rotatable bonds is 2. The van der Waals surface area contributed by atoms with Crippen LogP contribution in [0.25, 0.3) is 0 Å². The maximum atomic E-state index is 11.3. The highest BCUT2D eigenvalue weighted by Gasteiger charge is 2.14. The summed E-state index contributed by atoms with van der Waals surface area (Å²) in [5.74, 6) is 0.306. The summed E-state index contributed by atoms with van der Waals surface area (Å²) in [5, 5.41) is 0. The first-order chi connectivity index (χ1) is 6.32. The van der Waals surface area contributed by atoms with Gasteiger partial charge in [0.2, 0.25) is 0 Å². The minimum absolute atomic E-state index is 0.0666. The summed E-state index contributed by atoms with van der Waals surface area (Å²) in [6.45, 7) is 3.94. The lowest BCUT2D eigenvalue weighted by Gasteiger charge is -2.08. The molecule has 0 amide bonds. The van der Waals surface area contributed by atoms with Crippen molar-refractivity contribution in [3.05, 3.63) is 17.8 Å². The van der Waals surface area contributed by atoms with E-state index < -0.39 is 9.84 Å². The normalized spacial score (nSPS) is 12.0. The van der Waals surface area contributed by atoms with E-state index in [1.807, 2.05) is 13.8 Å². The number of nitrogen functional groups attached to an aromatic ring is 1. The van der Waals surface area contributed by atoms with Gasteiger partial charge in [0.15, 0.2) is 9.84 Å². The van der Waals surface area contributed by atoms with Gasteiger partial charge in [0.1, 0.15) is 10.7 Å². The number of hydrogen-bond acceptors (Lipinski definition) is 4. The molecule has 1 rings (SSSR count). The Morgan fingerprint density at radius 1 is 1.43 bits per heavy atom. The van der Waals surface area contributed by atoms with Gasteiger partial charge in [-0.25, -0.2) is 13.4 Å². The van der Waals surface area contributed by atoms with Gasteiger partial charge in [0.25, 0.3) is 0 Å². The molecule has 0 aliphatic rings. The molecule has 5 heteroatoms. The lowest BCUT2D eigenvalue weighted by molar-refractivity contribution is 0.601. The molecule has 78 valence electrons. The standard InChI is InChI=1S/C9H14N2O2S/c1-6(2)7-4-8(14(3,12)13)9(10)11-5-7/h4-6H,1-3H3,(H2,10,11). The van der Waals surface area contributed by atoms with Crippen molar-refractivity contribution in [1.82, 2.24) is 4.98 Å². The van der Waals surface area contributed by atoms with Crippen molar-refractivity contribution in [2.75, 3.05) is 12.0 Å². The molecule has 0 atom stereocenters. The summed E-state index contributed by atoms with van der Waals surface area (Å²) < 4.78 is 22.6. The molecular formula is C9H14N2O2S. The van der Waals surface area contributed by atoms with Crippen LogP contribution >= 0.6 is 0 Å². The number of hydrogen-bond donors (Lipinski definition) is 1. The Hall–Kier alpha value is -1.10. The van der Waals surface area contributed by atoms with E-state index in [9.17, 15) is 8.42 Å². The Kier molecular flexibility index (Phi) is 2.80. The van der Waals surface area contributed by atoms with Crippen LogP contribution in [0.4, 0.5) is 5.82 Å². The third-order valence-corrected chi connectivity index (χ3v) is 3.09. The molecule has 0 bridgehead atoms. The fraction of sp³-hybridized carbons (Fsp3) is 0.444. The van der Waals surface area contributed by atoms with Crippen molar-refractivity contribution < 1.29 is 8.42 Å². The zero-order chi connectivity index (χ0) is 10.9. The molecule has 0 saturated carbocycles. The van der Waals surface area contributed by atoms with Crippen LogP contribution in [0.3, 0.4) is 0 Å². The first-order valence-electron chi connectivity index (χ1n) is 4.28. The van der Waals surface area contributed by atoms with E-state index in [0.717, 1.165) is 11.8 Å². The fourth-order valence-corrected chi connectivity index (χ4v) is 1.87. The van der Waals surface area contributed by atoms with Crippen LogP contribution in [0, 0.1) is 0 Å². The third-order valence-electron chi connectivity index (χ3n) is 1.97. The fourth-order valence-electron chi connectivity index (χ4n) is 1.08. The van der Waals surface area contributed by atoms with Crippen LogP contribution in [0.5, 0.6) is 0 Å². The van der Waals surface area contributed by atoms with E-state index in [4.69, 9.17) is 5.73 Å². The minimum Gasteiger partial charge on any atom is -0.383 e. The lowest BCUT2D eigenvalue weighted by atomic mass is 10.1. The minimum atomic E-state index is -3.28. The number of nitrogens with zero attached hydrogens (tertiary/aromatic N) is 1. The van der Waals surface area contributed by atoms with E-state index in [-0.39, 0.29) is 16.6 Å². The Balaban J connectivity index is 3.37. The van der Waals surface area contributed by atoms with Gasteiger partial charge in [-0.15, -0.1) is 0 Å². The Bertz CT molecular complexity index is 438. The van der Waals surface area contributed by atoms with Crippen LogP contribution < -0.4 is 5.73 Å². The summed E-state index contributed by atoms with van der Waals surface area (Å²) in [5.41, 5.74) is 6.36. The van der Waals surface area contributed by atoms with E-state index in [1.165, 1.54) is 0 Å². The van der Waals surface area contributed by atoms with Gasteiger partial charge in [-0.05, 0) is 17.5 Å². The molecule has 1 aromatic rings. The molecular weight excluding hydrogens is 200 g/mol. The topological polar surface area (TPSA) is 73.0 Å². The van der Waals surface area contributed by atoms with Crippen molar-refractivity contribution >= 4 is 15.7 Å². The van der Waals surface area contributed by atoms with Crippen LogP contribution in [-0.2, 0) is 9.84 Å². The maximum Gasteiger partial charge on any atom is 0.179 e. The second kappa shape index (κ2) is 3.57. The molecule has 0 spiro atoms. The Morgan fingerprint density at radius 2 is 2.00 bits per heavy atom. The molecule has 0 aromatic carbocycles. The zero-order valence-electron chi connectivity index (χ0n) is 8.48. The molecule has 0 saturated heterocycles. The molecule has 4 nitrogen and oxygen atoms in total. The van der Waals surface area contributed by atoms with E-state index >= 15 is 0 Å². The van der Waals surface area contributed by atoms with Crippen LogP contribution in [-0.4, -0.2) is 19.7 Å². The summed E-state index contributed by atoms with van der Waals surface area (Å²) in [6.07, 6.45) is 2.74. The predicted molar refractivity (Wildman–Crippen MR) is 55.8 cm³/mol. The second-order valence-corrected chi connectivity index (χ2v) is 5.56. The average Bonchev–Trinajstić information content (AvgIpc) is 2.02. The maximum absolute atomic E-state index is 11.3. The van der Waals surface area contributed by atoms with E-state index in [1.54, 1.807) is 12.3 Å². The van der Waals surface area contributed by atoms with E-state index in [0.29, 0.717) is 0 Å².